The van der Waals surface area contributed by atoms with Crippen LogP contribution in [0.4, 0.5) is 20.2 Å². The molecule has 3 N–H and O–H groups in total. The predicted molar refractivity (Wildman–Crippen MR) is 82.1 cm³/mol. The van der Waals surface area contributed by atoms with Gasteiger partial charge in [-0.25, -0.2) is 8.78 Å². The number of hydrogen-bond acceptors (Lipinski definition) is 2. The Morgan fingerprint density at radius 2 is 1.74 bits per heavy atom. The molecule has 19 heavy (non-hydrogen) atoms. The summed E-state index contributed by atoms with van der Waals surface area (Å²) in [5, 5.41) is 3.22. The van der Waals surface area contributed by atoms with Crippen molar-refractivity contribution in [3.05, 3.63) is 57.2 Å². The fourth-order valence-corrected chi connectivity index (χ4v) is 2.50. The van der Waals surface area contributed by atoms with Crippen LogP contribution in [-0.4, -0.2) is 6.54 Å². The topological polar surface area (TPSA) is 38.0 Å². The van der Waals surface area contributed by atoms with Crippen LogP contribution in [0.3, 0.4) is 0 Å². The van der Waals surface area contributed by atoms with E-state index in [0.717, 1.165) is 15.3 Å². The molecule has 0 saturated heterocycles. The van der Waals surface area contributed by atoms with Crippen LogP contribution in [0.2, 0.25) is 0 Å². The smallest absolute Gasteiger partial charge is 0.126 e. The van der Waals surface area contributed by atoms with Gasteiger partial charge in [-0.2, -0.15) is 0 Å². The molecular formula is C14H13F2IN2. The number of rotatable bonds is 4. The van der Waals surface area contributed by atoms with E-state index in [1.807, 2.05) is 18.2 Å². The van der Waals surface area contributed by atoms with Gasteiger partial charge in [0.25, 0.3) is 0 Å². The van der Waals surface area contributed by atoms with Gasteiger partial charge in [0.1, 0.15) is 11.6 Å². The summed E-state index contributed by atoms with van der Waals surface area (Å²) in [5.74, 6) is -1.09. The lowest BCUT2D eigenvalue weighted by atomic mass is 10.1. The SMILES string of the molecule is Nc1ccc(NCCc2cc(F)cc(F)c2)c(I)c1. The minimum absolute atomic E-state index is 0.544. The summed E-state index contributed by atoms with van der Waals surface area (Å²) in [7, 11) is 0. The van der Waals surface area contributed by atoms with Crippen LogP contribution < -0.4 is 11.1 Å². The molecule has 2 rings (SSSR count). The highest BCUT2D eigenvalue weighted by Gasteiger charge is 2.02. The highest BCUT2D eigenvalue weighted by molar-refractivity contribution is 14.1. The summed E-state index contributed by atoms with van der Waals surface area (Å²) >= 11 is 2.19. The summed E-state index contributed by atoms with van der Waals surface area (Å²) in [6.07, 6.45) is 0.551. The number of benzene rings is 2. The molecule has 0 fully saturated rings. The van der Waals surface area contributed by atoms with Gasteiger partial charge in [0.05, 0.1) is 0 Å². The Bertz CT molecular complexity index is 567. The molecule has 0 aromatic heterocycles. The number of anilines is 2. The third kappa shape index (κ3) is 4.05. The molecule has 0 unspecified atom stereocenters. The van der Waals surface area contributed by atoms with Crippen LogP contribution in [-0.2, 0) is 6.42 Å². The van der Waals surface area contributed by atoms with Gasteiger partial charge >= 0.3 is 0 Å². The predicted octanol–water partition coefficient (Wildman–Crippen LogP) is 3.81. The van der Waals surface area contributed by atoms with E-state index in [9.17, 15) is 8.78 Å². The number of hydrogen-bond donors (Lipinski definition) is 2. The Balaban J connectivity index is 1.96. The van der Waals surface area contributed by atoms with Gasteiger partial charge in [-0.1, -0.05) is 0 Å². The van der Waals surface area contributed by atoms with Gasteiger partial charge in [-0.05, 0) is 64.9 Å². The molecule has 0 atom stereocenters. The summed E-state index contributed by atoms with van der Waals surface area (Å²) in [5.41, 5.74) is 7.97. The third-order valence-electron chi connectivity index (χ3n) is 2.64. The van der Waals surface area contributed by atoms with Crippen LogP contribution in [0.1, 0.15) is 5.56 Å². The van der Waals surface area contributed by atoms with Crippen molar-refractivity contribution in [2.45, 2.75) is 6.42 Å². The zero-order chi connectivity index (χ0) is 13.8. The zero-order valence-corrected chi connectivity index (χ0v) is 12.2. The summed E-state index contributed by atoms with van der Waals surface area (Å²) < 4.78 is 27.0. The van der Waals surface area contributed by atoms with Gasteiger partial charge in [0.2, 0.25) is 0 Å². The van der Waals surface area contributed by atoms with E-state index in [1.165, 1.54) is 12.1 Å². The minimum atomic E-state index is -0.544. The van der Waals surface area contributed by atoms with Gasteiger partial charge < -0.3 is 11.1 Å². The van der Waals surface area contributed by atoms with Crippen LogP contribution in [0.15, 0.2) is 36.4 Å². The van der Waals surface area contributed by atoms with Crippen molar-refractivity contribution in [3.63, 3.8) is 0 Å². The van der Waals surface area contributed by atoms with Crippen molar-refractivity contribution < 1.29 is 8.78 Å². The molecule has 0 saturated carbocycles. The lowest BCUT2D eigenvalue weighted by Gasteiger charge is -2.09. The van der Waals surface area contributed by atoms with Crippen molar-refractivity contribution in [2.24, 2.45) is 0 Å². The molecule has 2 nitrogen and oxygen atoms in total. The second kappa shape index (κ2) is 6.18. The zero-order valence-electron chi connectivity index (χ0n) is 10.1. The van der Waals surface area contributed by atoms with E-state index in [1.54, 1.807) is 0 Å². The van der Waals surface area contributed by atoms with Crippen molar-refractivity contribution in [3.8, 4) is 0 Å². The molecule has 0 amide bonds. The molecular weight excluding hydrogens is 361 g/mol. The Hall–Kier alpha value is -1.37. The molecule has 0 aliphatic rings. The van der Waals surface area contributed by atoms with Crippen LogP contribution in [0, 0.1) is 15.2 Å². The summed E-state index contributed by atoms with van der Waals surface area (Å²) in [6.45, 7) is 0.600. The van der Waals surface area contributed by atoms with E-state index in [-0.39, 0.29) is 0 Å². The molecule has 5 heteroatoms. The lowest BCUT2D eigenvalue weighted by Crippen LogP contribution is -2.06. The molecule has 0 aliphatic heterocycles. The van der Waals surface area contributed by atoms with E-state index in [2.05, 4.69) is 27.9 Å². The Morgan fingerprint density at radius 3 is 2.37 bits per heavy atom. The highest BCUT2D eigenvalue weighted by Crippen LogP contribution is 2.20. The van der Waals surface area contributed by atoms with E-state index in [0.29, 0.717) is 24.2 Å². The molecule has 0 aliphatic carbocycles. The summed E-state index contributed by atoms with van der Waals surface area (Å²) in [4.78, 5) is 0. The second-order valence-electron chi connectivity index (χ2n) is 4.19. The first kappa shape index (κ1) is 14.0. The number of nitrogens with two attached hydrogens (primary N) is 1. The minimum Gasteiger partial charge on any atom is -0.399 e. The van der Waals surface area contributed by atoms with Gasteiger partial charge in [0, 0.05) is 27.6 Å². The maximum atomic E-state index is 13.0. The quantitative estimate of drug-likeness (QED) is 0.631. The fraction of sp³-hybridized carbons (Fsp3) is 0.143. The van der Waals surface area contributed by atoms with Crippen LogP contribution >= 0.6 is 22.6 Å². The first-order valence-corrected chi connectivity index (χ1v) is 6.86. The molecule has 0 radical (unpaired) electrons. The maximum absolute atomic E-state index is 13.0. The lowest BCUT2D eigenvalue weighted by molar-refractivity contribution is 0.580. The molecule has 0 bridgehead atoms. The molecule has 100 valence electrons. The largest absolute Gasteiger partial charge is 0.399 e. The Morgan fingerprint density at radius 1 is 1.05 bits per heavy atom. The Labute approximate surface area is 124 Å². The van der Waals surface area contributed by atoms with Gasteiger partial charge in [-0.15, -0.1) is 0 Å². The van der Waals surface area contributed by atoms with Crippen molar-refractivity contribution >= 4 is 34.0 Å². The molecule has 0 spiro atoms. The second-order valence-corrected chi connectivity index (χ2v) is 5.36. The Kier molecular flexibility index (Phi) is 4.57. The van der Waals surface area contributed by atoms with Crippen molar-refractivity contribution in [1.29, 1.82) is 0 Å². The van der Waals surface area contributed by atoms with Gasteiger partial charge in [-0.3, -0.25) is 0 Å². The van der Waals surface area contributed by atoms with E-state index in [4.69, 9.17) is 5.73 Å². The van der Waals surface area contributed by atoms with Crippen molar-refractivity contribution in [2.75, 3.05) is 17.6 Å². The number of halogens is 3. The standard InChI is InChI=1S/C14H13F2IN2/c15-10-5-9(6-11(16)7-10)3-4-19-14-2-1-12(18)8-13(14)17/h1-2,5-8,19H,3-4,18H2. The average Bonchev–Trinajstić information content (AvgIpc) is 2.30. The van der Waals surface area contributed by atoms with Crippen molar-refractivity contribution in [1.82, 2.24) is 0 Å². The monoisotopic (exact) mass is 374 g/mol. The number of nitrogens with one attached hydrogen (secondary N) is 1. The molecule has 2 aromatic carbocycles. The maximum Gasteiger partial charge on any atom is 0.126 e. The average molecular weight is 374 g/mol. The van der Waals surface area contributed by atoms with E-state index >= 15 is 0 Å². The van der Waals surface area contributed by atoms with Gasteiger partial charge in [0.15, 0.2) is 0 Å². The number of nitrogen functional groups attached to an aromatic ring is 1. The first-order chi connectivity index (χ1) is 9.04. The fourth-order valence-electron chi connectivity index (χ4n) is 1.77. The molecule has 0 heterocycles. The third-order valence-corrected chi connectivity index (χ3v) is 3.54. The van der Waals surface area contributed by atoms with E-state index < -0.39 is 11.6 Å². The van der Waals surface area contributed by atoms with Crippen LogP contribution in [0.25, 0.3) is 0 Å². The highest BCUT2D eigenvalue weighted by atomic mass is 127. The summed E-state index contributed by atoms with van der Waals surface area (Å²) in [6, 6.07) is 9.14. The normalized spacial score (nSPS) is 10.5. The molecule has 2 aromatic rings. The first-order valence-electron chi connectivity index (χ1n) is 5.78. The van der Waals surface area contributed by atoms with Crippen LogP contribution in [0.5, 0.6) is 0 Å².